The smallest absolute Gasteiger partial charge is 0.254 e. The van der Waals surface area contributed by atoms with Crippen LogP contribution in [0.4, 0.5) is 0 Å². The second-order valence-electron chi connectivity index (χ2n) is 5.62. The van der Waals surface area contributed by atoms with E-state index in [1.165, 1.54) is 58.0 Å². The summed E-state index contributed by atoms with van der Waals surface area (Å²) in [4.78, 5) is 11.9. The first-order chi connectivity index (χ1) is 11.5. The molecule has 0 spiro atoms. The van der Waals surface area contributed by atoms with Crippen LogP contribution in [0.15, 0.2) is 23.1 Å². The molecule has 0 unspecified atom stereocenters. The van der Waals surface area contributed by atoms with Crippen LogP contribution in [0.2, 0.25) is 0 Å². The summed E-state index contributed by atoms with van der Waals surface area (Å²) in [6.45, 7) is 0.380. The third-order valence-corrected chi connectivity index (χ3v) is 6.84. The summed E-state index contributed by atoms with van der Waals surface area (Å²) < 4.78 is 32.5. The molecule has 2 rings (SSSR count). The maximum Gasteiger partial charge on any atom is 0.254 e. The third kappa shape index (κ3) is 4.87. The molecule has 24 heavy (non-hydrogen) atoms. The molecule has 1 saturated carbocycles. The summed E-state index contributed by atoms with van der Waals surface area (Å²) >= 11 is 1.83. The number of benzene rings is 1. The number of hydrogen-bond acceptors (Lipinski definition) is 5. The predicted octanol–water partition coefficient (Wildman–Crippen LogP) is 2.01. The van der Waals surface area contributed by atoms with Gasteiger partial charge in [-0.2, -0.15) is 11.8 Å². The van der Waals surface area contributed by atoms with E-state index in [0.29, 0.717) is 17.5 Å². The molecule has 0 aliphatic heterocycles. The average Bonchev–Trinajstić information content (AvgIpc) is 3.10. The number of rotatable bonds is 8. The summed E-state index contributed by atoms with van der Waals surface area (Å²) in [5.41, 5.74) is 0.197. The molecule has 1 aromatic rings. The van der Waals surface area contributed by atoms with Gasteiger partial charge in [0.25, 0.3) is 5.91 Å². The molecule has 0 aromatic heterocycles. The van der Waals surface area contributed by atoms with Crippen LogP contribution < -0.4 is 14.8 Å². The number of ether oxygens (including phenoxy) is 1. The normalized spacial score (nSPS) is 15.4. The Morgan fingerprint density at radius 1 is 1.33 bits per heavy atom. The average molecular weight is 373 g/mol. The standard InChI is InChI=1S/C16H24N2O4S2/c1-17-16(19)14-11-13(7-8-15(14)22-2)24(20,21)18-9-10-23-12-5-3-4-6-12/h7-8,11-12,18H,3-6,9-10H2,1-2H3,(H,17,19). The lowest BCUT2D eigenvalue weighted by atomic mass is 10.2. The summed E-state index contributed by atoms with van der Waals surface area (Å²) in [6, 6.07) is 4.27. The van der Waals surface area contributed by atoms with Crippen molar-refractivity contribution >= 4 is 27.7 Å². The summed E-state index contributed by atoms with van der Waals surface area (Å²) in [5, 5.41) is 3.14. The first-order valence-electron chi connectivity index (χ1n) is 7.99. The molecule has 1 aromatic carbocycles. The van der Waals surface area contributed by atoms with Gasteiger partial charge >= 0.3 is 0 Å². The van der Waals surface area contributed by atoms with E-state index in [1.807, 2.05) is 11.8 Å². The van der Waals surface area contributed by atoms with Crippen LogP contribution in [0.5, 0.6) is 5.75 Å². The molecule has 2 N–H and O–H groups in total. The highest BCUT2D eigenvalue weighted by molar-refractivity contribution is 8.00. The van der Waals surface area contributed by atoms with Gasteiger partial charge in [0.05, 0.1) is 17.6 Å². The molecule has 6 nitrogen and oxygen atoms in total. The van der Waals surface area contributed by atoms with Gasteiger partial charge in [-0.15, -0.1) is 0 Å². The molecular formula is C16H24N2O4S2. The molecule has 0 saturated heterocycles. The number of carbonyl (C=O) groups excluding carboxylic acids is 1. The number of methoxy groups -OCH3 is 1. The molecule has 1 aliphatic carbocycles. The van der Waals surface area contributed by atoms with Gasteiger partial charge in [-0.3, -0.25) is 4.79 Å². The Bertz CT molecular complexity index is 671. The van der Waals surface area contributed by atoms with Gasteiger partial charge in [-0.05, 0) is 31.0 Å². The van der Waals surface area contributed by atoms with Crippen molar-refractivity contribution in [2.75, 3.05) is 26.5 Å². The van der Waals surface area contributed by atoms with Crippen LogP contribution in [-0.2, 0) is 10.0 Å². The fourth-order valence-electron chi connectivity index (χ4n) is 2.71. The van der Waals surface area contributed by atoms with Crippen molar-refractivity contribution in [1.82, 2.24) is 10.0 Å². The third-order valence-electron chi connectivity index (χ3n) is 4.00. The Labute approximate surface area is 147 Å². The fourth-order valence-corrected chi connectivity index (χ4v) is 5.11. The molecule has 8 heteroatoms. The van der Waals surface area contributed by atoms with Crippen molar-refractivity contribution in [3.05, 3.63) is 23.8 Å². The Kier molecular flexibility index (Phi) is 6.94. The van der Waals surface area contributed by atoms with Gasteiger partial charge in [-0.25, -0.2) is 13.1 Å². The minimum Gasteiger partial charge on any atom is -0.496 e. The van der Waals surface area contributed by atoms with Crippen LogP contribution in [0, 0.1) is 0 Å². The van der Waals surface area contributed by atoms with Crippen LogP contribution >= 0.6 is 11.8 Å². The lowest BCUT2D eigenvalue weighted by Crippen LogP contribution is -2.27. The number of carbonyl (C=O) groups is 1. The summed E-state index contributed by atoms with van der Waals surface area (Å²) in [5.74, 6) is 0.702. The highest BCUT2D eigenvalue weighted by Crippen LogP contribution is 2.29. The molecule has 0 radical (unpaired) electrons. The molecular weight excluding hydrogens is 348 g/mol. The minimum absolute atomic E-state index is 0.0627. The monoisotopic (exact) mass is 372 g/mol. The van der Waals surface area contributed by atoms with Gasteiger partial charge in [0.2, 0.25) is 10.0 Å². The van der Waals surface area contributed by atoms with Crippen molar-refractivity contribution in [3.63, 3.8) is 0 Å². The van der Waals surface area contributed by atoms with Gasteiger partial charge in [0.15, 0.2) is 0 Å². The Morgan fingerprint density at radius 3 is 2.67 bits per heavy atom. The zero-order valence-corrected chi connectivity index (χ0v) is 15.6. The molecule has 0 heterocycles. The second kappa shape index (κ2) is 8.73. The second-order valence-corrected chi connectivity index (χ2v) is 8.79. The van der Waals surface area contributed by atoms with E-state index in [1.54, 1.807) is 0 Å². The van der Waals surface area contributed by atoms with Gasteiger partial charge in [-0.1, -0.05) is 12.8 Å². The Morgan fingerprint density at radius 2 is 2.04 bits per heavy atom. The van der Waals surface area contributed by atoms with Gasteiger partial charge < -0.3 is 10.1 Å². The number of sulfonamides is 1. The largest absolute Gasteiger partial charge is 0.496 e. The summed E-state index contributed by atoms with van der Waals surface area (Å²) in [7, 11) is -0.718. The quantitative estimate of drug-likeness (QED) is 0.682. The summed E-state index contributed by atoms with van der Waals surface area (Å²) in [6.07, 6.45) is 5.01. The van der Waals surface area contributed by atoms with Gasteiger partial charge in [0, 0.05) is 24.6 Å². The number of nitrogens with one attached hydrogen (secondary N) is 2. The fraction of sp³-hybridized carbons (Fsp3) is 0.562. The number of thioether (sulfide) groups is 1. The van der Waals surface area contributed by atoms with Crippen LogP contribution in [0.25, 0.3) is 0 Å². The number of amides is 1. The van der Waals surface area contributed by atoms with E-state index >= 15 is 0 Å². The first kappa shape index (κ1) is 19.1. The molecule has 1 aliphatic rings. The van der Waals surface area contributed by atoms with Crippen LogP contribution in [0.1, 0.15) is 36.0 Å². The molecule has 1 fully saturated rings. The van der Waals surface area contributed by atoms with E-state index in [4.69, 9.17) is 4.74 Å². The van der Waals surface area contributed by atoms with Crippen LogP contribution in [0.3, 0.4) is 0 Å². The zero-order valence-electron chi connectivity index (χ0n) is 14.0. The van der Waals surface area contributed by atoms with E-state index in [0.717, 1.165) is 5.75 Å². The SMILES string of the molecule is CNC(=O)c1cc(S(=O)(=O)NCCSC2CCCC2)ccc1OC. The lowest BCUT2D eigenvalue weighted by molar-refractivity contribution is 0.0960. The van der Waals surface area contributed by atoms with Crippen molar-refractivity contribution in [3.8, 4) is 5.75 Å². The Hall–Kier alpha value is -1.25. The minimum atomic E-state index is -3.64. The van der Waals surface area contributed by atoms with Gasteiger partial charge in [0.1, 0.15) is 5.75 Å². The topological polar surface area (TPSA) is 84.5 Å². The highest BCUT2D eigenvalue weighted by atomic mass is 32.2. The highest BCUT2D eigenvalue weighted by Gasteiger charge is 2.20. The molecule has 134 valence electrons. The van der Waals surface area contributed by atoms with Crippen molar-refractivity contribution < 1.29 is 17.9 Å². The van der Waals surface area contributed by atoms with E-state index < -0.39 is 10.0 Å². The van der Waals surface area contributed by atoms with Crippen molar-refractivity contribution in [1.29, 1.82) is 0 Å². The van der Waals surface area contributed by atoms with Crippen molar-refractivity contribution in [2.24, 2.45) is 0 Å². The maximum absolute atomic E-state index is 12.4. The van der Waals surface area contributed by atoms with Crippen LogP contribution in [-0.4, -0.2) is 46.0 Å². The maximum atomic E-state index is 12.4. The predicted molar refractivity (Wildman–Crippen MR) is 96.3 cm³/mol. The lowest BCUT2D eigenvalue weighted by Gasteiger charge is -2.12. The molecule has 0 atom stereocenters. The van der Waals surface area contributed by atoms with E-state index in [9.17, 15) is 13.2 Å². The molecule has 1 amide bonds. The van der Waals surface area contributed by atoms with E-state index in [2.05, 4.69) is 10.0 Å². The Balaban J connectivity index is 2.01. The zero-order chi connectivity index (χ0) is 17.6. The van der Waals surface area contributed by atoms with Crippen molar-refractivity contribution in [2.45, 2.75) is 35.8 Å². The molecule has 0 bridgehead atoms. The van der Waals surface area contributed by atoms with E-state index in [-0.39, 0.29) is 16.4 Å². The first-order valence-corrected chi connectivity index (χ1v) is 10.5. The number of hydrogen-bond donors (Lipinski definition) is 2.